The Labute approximate surface area is 137 Å². The molecular weight excluding hydrogens is 392 g/mol. The molecule has 0 radical (unpaired) electrons. The van der Waals surface area contributed by atoms with Crippen molar-refractivity contribution in [1.29, 1.82) is 0 Å². The maximum Gasteiger partial charge on any atom is 0.119 e. The van der Waals surface area contributed by atoms with Gasteiger partial charge < -0.3 is 18.9 Å². The Morgan fingerprint density at radius 1 is 0.600 bits per heavy atom. The summed E-state index contributed by atoms with van der Waals surface area (Å²) in [4.78, 5) is 0. The summed E-state index contributed by atoms with van der Waals surface area (Å²) in [5.41, 5.74) is 0. The van der Waals surface area contributed by atoms with Crippen molar-refractivity contribution in [2.45, 2.75) is 0 Å². The molecular formula is C14H20Br2O4. The Morgan fingerprint density at radius 3 is 1.35 bits per heavy atom. The highest BCUT2D eigenvalue weighted by Gasteiger charge is 1.97. The van der Waals surface area contributed by atoms with Gasteiger partial charge in [-0.25, -0.2) is 0 Å². The fourth-order valence-corrected chi connectivity index (χ4v) is 1.84. The molecule has 0 spiro atoms. The summed E-state index contributed by atoms with van der Waals surface area (Å²) < 4.78 is 21.7. The third-order valence-corrected chi connectivity index (χ3v) is 2.91. The van der Waals surface area contributed by atoms with Gasteiger partial charge in [0.25, 0.3) is 0 Å². The average Bonchev–Trinajstić information content (AvgIpc) is 2.48. The molecule has 0 saturated carbocycles. The van der Waals surface area contributed by atoms with E-state index < -0.39 is 0 Å². The van der Waals surface area contributed by atoms with Crippen LogP contribution in [0.15, 0.2) is 24.3 Å². The molecule has 0 saturated heterocycles. The Balaban J connectivity index is 2.13. The van der Waals surface area contributed by atoms with Gasteiger partial charge in [-0.3, -0.25) is 0 Å². The van der Waals surface area contributed by atoms with E-state index in [0.29, 0.717) is 39.6 Å². The second kappa shape index (κ2) is 12.4. The van der Waals surface area contributed by atoms with Gasteiger partial charge in [0.15, 0.2) is 0 Å². The lowest BCUT2D eigenvalue weighted by Gasteiger charge is -2.09. The molecule has 0 fully saturated rings. The lowest BCUT2D eigenvalue weighted by Crippen LogP contribution is -2.08. The number of hydrogen-bond acceptors (Lipinski definition) is 4. The second-order valence-electron chi connectivity index (χ2n) is 3.77. The molecule has 0 N–H and O–H groups in total. The van der Waals surface area contributed by atoms with Gasteiger partial charge in [0.05, 0.1) is 26.4 Å². The summed E-state index contributed by atoms with van der Waals surface area (Å²) in [5.74, 6) is 1.63. The summed E-state index contributed by atoms with van der Waals surface area (Å²) in [6.45, 7) is 3.69. The number of rotatable bonds is 12. The summed E-state index contributed by atoms with van der Waals surface area (Å²) in [6.07, 6.45) is 0. The molecule has 0 atom stereocenters. The van der Waals surface area contributed by atoms with Crippen LogP contribution in [0.25, 0.3) is 0 Å². The Bertz CT molecular complexity index is 299. The van der Waals surface area contributed by atoms with E-state index in [1.807, 2.05) is 24.3 Å². The van der Waals surface area contributed by atoms with Crippen LogP contribution in [0.4, 0.5) is 0 Å². The van der Waals surface area contributed by atoms with Gasteiger partial charge in [0.1, 0.15) is 24.7 Å². The van der Waals surface area contributed by atoms with E-state index in [0.717, 1.165) is 22.2 Å². The minimum atomic E-state index is 0.549. The minimum Gasteiger partial charge on any atom is -0.491 e. The van der Waals surface area contributed by atoms with E-state index in [4.69, 9.17) is 18.9 Å². The number of halogens is 2. The first-order valence-corrected chi connectivity index (χ1v) is 8.74. The summed E-state index contributed by atoms with van der Waals surface area (Å²) >= 11 is 6.60. The van der Waals surface area contributed by atoms with Gasteiger partial charge in [-0.15, -0.1) is 0 Å². The standard InChI is InChI=1S/C14H20Br2O4/c15-5-7-17-9-11-19-13-1-2-14(4-3-13)20-12-10-18-8-6-16/h1-4H,5-12H2. The molecule has 0 unspecified atom stereocenters. The highest BCUT2D eigenvalue weighted by Crippen LogP contribution is 2.17. The smallest absolute Gasteiger partial charge is 0.119 e. The van der Waals surface area contributed by atoms with Crippen LogP contribution >= 0.6 is 31.9 Å². The maximum atomic E-state index is 5.54. The number of benzene rings is 1. The van der Waals surface area contributed by atoms with Crippen molar-refractivity contribution in [2.24, 2.45) is 0 Å². The molecule has 1 rings (SSSR count). The van der Waals surface area contributed by atoms with Crippen molar-refractivity contribution in [3.63, 3.8) is 0 Å². The highest BCUT2D eigenvalue weighted by molar-refractivity contribution is 9.09. The van der Waals surface area contributed by atoms with Crippen LogP contribution in [0.2, 0.25) is 0 Å². The zero-order valence-corrected chi connectivity index (χ0v) is 14.5. The predicted octanol–water partition coefficient (Wildman–Crippen LogP) is 3.27. The van der Waals surface area contributed by atoms with Gasteiger partial charge in [0, 0.05) is 10.7 Å². The SMILES string of the molecule is BrCCOCCOc1ccc(OCCOCCBr)cc1. The van der Waals surface area contributed by atoms with Crippen LogP contribution in [-0.2, 0) is 9.47 Å². The molecule has 0 aliphatic heterocycles. The van der Waals surface area contributed by atoms with Crippen LogP contribution in [0.5, 0.6) is 11.5 Å². The molecule has 0 amide bonds. The topological polar surface area (TPSA) is 36.9 Å². The van der Waals surface area contributed by atoms with Gasteiger partial charge in [0.2, 0.25) is 0 Å². The van der Waals surface area contributed by atoms with E-state index in [1.54, 1.807) is 0 Å². The summed E-state index contributed by atoms with van der Waals surface area (Å²) in [6, 6.07) is 7.55. The first kappa shape index (κ1) is 17.8. The number of ether oxygens (including phenoxy) is 4. The largest absolute Gasteiger partial charge is 0.491 e. The minimum absolute atomic E-state index is 0.549. The molecule has 0 aromatic heterocycles. The second-order valence-corrected chi connectivity index (χ2v) is 5.36. The van der Waals surface area contributed by atoms with Gasteiger partial charge >= 0.3 is 0 Å². The fourth-order valence-electron chi connectivity index (χ4n) is 1.38. The van der Waals surface area contributed by atoms with Crippen molar-refractivity contribution in [1.82, 2.24) is 0 Å². The van der Waals surface area contributed by atoms with Crippen molar-refractivity contribution < 1.29 is 18.9 Å². The molecule has 114 valence electrons. The molecule has 0 heterocycles. The summed E-state index contributed by atoms with van der Waals surface area (Å²) in [5, 5.41) is 1.69. The molecule has 6 heteroatoms. The van der Waals surface area contributed by atoms with Crippen LogP contribution in [-0.4, -0.2) is 50.3 Å². The quantitative estimate of drug-likeness (QED) is 0.390. The lowest BCUT2D eigenvalue weighted by atomic mass is 10.3. The van der Waals surface area contributed by atoms with Gasteiger partial charge in [-0.2, -0.15) is 0 Å². The van der Waals surface area contributed by atoms with Crippen LogP contribution in [0, 0.1) is 0 Å². The Kier molecular flexibility index (Phi) is 11.0. The van der Waals surface area contributed by atoms with Crippen molar-refractivity contribution in [2.75, 3.05) is 50.3 Å². The van der Waals surface area contributed by atoms with Gasteiger partial charge in [-0.05, 0) is 24.3 Å². The van der Waals surface area contributed by atoms with E-state index in [2.05, 4.69) is 31.9 Å². The molecule has 0 aliphatic rings. The molecule has 20 heavy (non-hydrogen) atoms. The fraction of sp³-hybridized carbons (Fsp3) is 0.571. The zero-order chi connectivity index (χ0) is 14.5. The van der Waals surface area contributed by atoms with E-state index >= 15 is 0 Å². The zero-order valence-electron chi connectivity index (χ0n) is 11.4. The monoisotopic (exact) mass is 410 g/mol. The first-order valence-electron chi connectivity index (χ1n) is 6.50. The normalized spacial score (nSPS) is 10.5. The van der Waals surface area contributed by atoms with Crippen LogP contribution < -0.4 is 9.47 Å². The maximum absolute atomic E-state index is 5.54. The molecule has 1 aromatic carbocycles. The van der Waals surface area contributed by atoms with E-state index in [9.17, 15) is 0 Å². The molecule has 1 aromatic rings. The third kappa shape index (κ3) is 8.79. The van der Waals surface area contributed by atoms with E-state index in [-0.39, 0.29) is 0 Å². The van der Waals surface area contributed by atoms with Crippen LogP contribution in [0.1, 0.15) is 0 Å². The third-order valence-electron chi connectivity index (χ3n) is 2.26. The van der Waals surface area contributed by atoms with E-state index in [1.165, 1.54) is 0 Å². The van der Waals surface area contributed by atoms with Crippen molar-refractivity contribution >= 4 is 31.9 Å². The van der Waals surface area contributed by atoms with Crippen molar-refractivity contribution in [3.8, 4) is 11.5 Å². The Morgan fingerprint density at radius 2 is 1.00 bits per heavy atom. The molecule has 0 aliphatic carbocycles. The average molecular weight is 412 g/mol. The molecule has 4 nitrogen and oxygen atoms in total. The lowest BCUT2D eigenvalue weighted by molar-refractivity contribution is 0.111. The van der Waals surface area contributed by atoms with Crippen molar-refractivity contribution in [3.05, 3.63) is 24.3 Å². The van der Waals surface area contributed by atoms with Crippen LogP contribution in [0.3, 0.4) is 0 Å². The first-order chi connectivity index (χ1) is 9.86. The molecule has 0 bridgehead atoms. The number of hydrogen-bond donors (Lipinski definition) is 0. The van der Waals surface area contributed by atoms with Gasteiger partial charge in [-0.1, -0.05) is 31.9 Å². The Hall–Kier alpha value is -0.300. The number of alkyl halides is 2. The highest BCUT2D eigenvalue weighted by atomic mass is 79.9. The summed E-state index contributed by atoms with van der Waals surface area (Å²) in [7, 11) is 0. The predicted molar refractivity (Wildman–Crippen MR) is 86.7 cm³/mol.